The maximum Gasteiger partial charge on any atom is 0.264 e. The van der Waals surface area contributed by atoms with E-state index < -0.39 is 0 Å². The van der Waals surface area contributed by atoms with Crippen molar-refractivity contribution in [3.63, 3.8) is 0 Å². The van der Waals surface area contributed by atoms with E-state index in [4.69, 9.17) is 27.6 Å². The molecule has 1 aliphatic rings. The molecule has 7 heteroatoms. The van der Waals surface area contributed by atoms with Gasteiger partial charge in [0, 0.05) is 0 Å². The molecule has 4 nitrogen and oxygen atoms in total. The summed E-state index contributed by atoms with van der Waals surface area (Å²) in [6, 6.07) is 8.78. The SMILES string of the molecule is O=C1NC(=Nc2cccc(Cl)c2Cl)S/C1=C\C=C\c1ccco1. The van der Waals surface area contributed by atoms with E-state index in [9.17, 15) is 4.79 Å². The number of thioether (sulfide) groups is 1. The summed E-state index contributed by atoms with van der Waals surface area (Å²) in [6.45, 7) is 0. The Bertz CT molecular complexity index is 827. The van der Waals surface area contributed by atoms with Crippen LogP contribution in [0.4, 0.5) is 5.69 Å². The fraction of sp³-hybridized carbons (Fsp3) is 0. The van der Waals surface area contributed by atoms with Crippen LogP contribution < -0.4 is 5.32 Å². The first-order chi connectivity index (χ1) is 11.1. The molecule has 3 rings (SSSR count). The van der Waals surface area contributed by atoms with Gasteiger partial charge >= 0.3 is 0 Å². The molecule has 2 aromatic rings. The molecule has 0 aliphatic carbocycles. The summed E-state index contributed by atoms with van der Waals surface area (Å²) >= 11 is 13.3. The van der Waals surface area contributed by atoms with E-state index in [1.54, 1.807) is 48.8 Å². The van der Waals surface area contributed by atoms with Gasteiger partial charge in [0.25, 0.3) is 5.91 Å². The molecule has 2 heterocycles. The van der Waals surface area contributed by atoms with Crippen molar-refractivity contribution in [1.82, 2.24) is 5.32 Å². The smallest absolute Gasteiger partial charge is 0.264 e. The zero-order chi connectivity index (χ0) is 16.2. The molecule has 1 fully saturated rings. The Morgan fingerprint density at radius 3 is 2.87 bits per heavy atom. The van der Waals surface area contributed by atoms with Crippen LogP contribution in [0.15, 0.2) is 63.1 Å². The second kappa shape index (κ2) is 7.08. The van der Waals surface area contributed by atoms with Crippen LogP contribution in [0.1, 0.15) is 5.76 Å². The maximum atomic E-state index is 11.9. The predicted molar refractivity (Wildman–Crippen MR) is 95.1 cm³/mol. The number of nitrogens with one attached hydrogen (secondary N) is 1. The summed E-state index contributed by atoms with van der Waals surface area (Å²) < 4.78 is 5.18. The van der Waals surface area contributed by atoms with Crippen LogP contribution >= 0.6 is 35.0 Å². The summed E-state index contributed by atoms with van der Waals surface area (Å²) in [5.74, 6) is 0.501. The van der Waals surface area contributed by atoms with Crippen molar-refractivity contribution in [3.8, 4) is 0 Å². The molecule has 0 spiro atoms. The summed E-state index contributed by atoms with van der Waals surface area (Å²) in [6.07, 6.45) is 6.80. The molecule has 1 aromatic carbocycles. The highest BCUT2D eigenvalue weighted by atomic mass is 35.5. The van der Waals surface area contributed by atoms with E-state index in [-0.39, 0.29) is 5.91 Å². The van der Waals surface area contributed by atoms with Gasteiger partial charge in [0.1, 0.15) is 5.76 Å². The third-order valence-corrected chi connectivity index (χ3v) is 4.59. The van der Waals surface area contributed by atoms with E-state index in [1.807, 2.05) is 6.07 Å². The van der Waals surface area contributed by atoms with Gasteiger partial charge in [-0.05, 0) is 48.2 Å². The average molecular weight is 365 g/mol. The lowest BCUT2D eigenvalue weighted by molar-refractivity contribution is -0.115. The number of rotatable bonds is 3. The fourth-order valence-corrected chi connectivity index (χ4v) is 2.92. The number of hydrogen-bond acceptors (Lipinski definition) is 4. The van der Waals surface area contributed by atoms with Crippen molar-refractivity contribution in [2.75, 3.05) is 0 Å². The van der Waals surface area contributed by atoms with Crippen molar-refractivity contribution in [1.29, 1.82) is 0 Å². The second-order valence-corrected chi connectivity index (χ2v) is 6.27. The van der Waals surface area contributed by atoms with E-state index in [0.29, 0.717) is 31.6 Å². The van der Waals surface area contributed by atoms with Gasteiger partial charge in [-0.1, -0.05) is 35.3 Å². The van der Waals surface area contributed by atoms with Gasteiger partial charge in [-0.25, -0.2) is 4.99 Å². The molecule has 0 radical (unpaired) electrons. The van der Waals surface area contributed by atoms with Gasteiger partial charge in [-0.2, -0.15) is 0 Å². The molecule has 0 unspecified atom stereocenters. The largest absolute Gasteiger partial charge is 0.465 e. The lowest BCUT2D eigenvalue weighted by atomic mass is 10.3. The Kier molecular flexibility index (Phi) is 4.91. The molecule has 1 amide bonds. The number of nitrogens with zero attached hydrogens (tertiary/aromatic N) is 1. The number of benzene rings is 1. The van der Waals surface area contributed by atoms with Crippen LogP contribution in [0.2, 0.25) is 10.0 Å². The van der Waals surface area contributed by atoms with Crippen LogP contribution in [0, 0.1) is 0 Å². The Morgan fingerprint density at radius 1 is 1.22 bits per heavy atom. The summed E-state index contributed by atoms with van der Waals surface area (Å²) in [7, 11) is 0. The van der Waals surface area contributed by atoms with Crippen LogP contribution in [0.25, 0.3) is 6.08 Å². The zero-order valence-corrected chi connectivity index (χ0v) is 14.0. The zero-order valence-electron chi connectivity index (χ0n) is 11.6. The third kappa shape index (κ3) is 3.88. The van der Waals surface area contributed by atoms with Gasteiger partial charge in [0.2, 0.25) is 0 Å². The number of carbonyl (C=O) groups excluding carboxylic acids is 1. The minimum Gasteiger partial charge on any atom is -0.465 e. The summed E-state index contributed by atoms with van der Waals surface area (Å²) in [4.78, 5) is 16.8. The Hall–Kier alpha value is -1.95. The first-order valence-corrected chi connectivity index (χ1v) is 8.14. The van der Waals surface area contributed by atoms with Crippen LogP contribution in [-0.2, 0) is 4.79 Å². The highest BCUT2D eigenvalue weighted by Crippen LogP contribution is 2.34. The van der Waals surface area contributed by atoms with Crippen molar-refractivity contribution in [2.45, 2.75) is 0 Å². The number of allylic oxidation sites excluding steroid dienone is 2. The summed E-state index contributed by atoms with van der Waals surface area (Å²) in [5.41, 5.74) is 0.509. The first kappa shape index (κ1) is 15.9. The fourth-order valence-electron chi connectivity index (χ4n) is 1.80. The monoisotopic (exact) mass is 364 g/mol. The lowest BCUT2D eigenvalue weighted by Crippen LogP contribution is -2.19. The van der Waals surface area contributed by atoms with Gasteiger partial charge in [0.05, 0.1) is 26.9 Å². The van der Waals surface area contributed by atoms with Gasteiger partial charge < -0.3 is 9.73 Å². The topological polar surface area (TPSA) is 54.6 Å². The highest BCUT2D eigenvalue weighted by molar-refractivity contribution is 8.18. The maximum absolute atomic E-state index is 11.9. The molecule has 1 saturated heterocycles. The first-order valence-electron chi connectivity index (χ1n) is 6.57. The molecule has 1 N–H and O–H groups in total. The molecular formula is C16H10Cl2N2O2S. The number of amides is 1. The van der Waals surface area contributed by atoms with Crippen LogP contribution in [-0.4, -0.2) is 11.1 Å². The minimum atomic E-state index is -0.212. The van der Waals surface area contributed by atoms with E-state index in [2.05, 4.69) is 10.3 Å². The van der Waals surface area contributed by atoms with Crippen molar-refractivity contribution in [3.05, 3.63) is 69.5 Å². The minimum absolute atomic E-state index is 0.212. The molecule has 0 atom stereocenters. The molecule has 23 heavy (non-hydrogen) atoms. The molecule has 1 aromatic heterocycles. The Labute approximate surface area is 146 Å². The molecule has 1 aliphatic heterocycles. The number of amidine groups is 1. The van der Waals surface area contributed by atoms with Crippen molar-refractivity contribution < 1.29 is 9.21 Å². The average Bonchev–Trinajstić information content (AvgIpc) is 3.15. The standard InChI is InChI=1S/C16H10Cl2N2O2S/c17-11-6-2-7-12(14(11)18)19-16-20-15(21)13(23-16)8-1-4-10-5-3-9-22-10/h1-9H,(H,19,20,21)/b4-1+,13-8-. The Morgan fingerprint density at radius 2 is 2.09 bits per heavy atom. The third-order valence-electron chi connectivity index (χ3n) is 2.86. The number of carbonyl (C=O) groups is 1. The number of halogens is 2. The molecular weight excluding hydrogens is 355 g/mol. The molecule has 0 saturated carbocycles. The normalized spacial score (nSPS) is 18.3. The second-order valence-electron chi connectivity index (χ2n) is 4.45. The molecule has 0 bridgehead atoms. The van der Waals surface area contributed by atoms with Crippen LogP contribution in [0.5, 0.6) is 0 Å². The van der Waals surface area contributed by atoms with Crippen molar-refractivity contribution >= 4 is 57.8 Å². The van der Waals surface area contributed by atoms with Gasteiger partial charge in [-0.3, -0.25) is 4.79 Å². The predicted octanol–water partition coefficient (Wildman–Crippen LogP) is 5.03. The van der Waals surface area contributed by atoms with E-state index in [0.717, 1.165) is 0 Å². The highest BCUT2D eigenvalue weighted by Gasteiger charge is 2.23. The van der Waals surface area contributed by atoms with Gasteiger partial charge in [0.15, 0.2) is 5.17 Å². The van der Waals surface area contributed by atoms with Crippen LogP contribution in [0.3, 0.4) is 0 Å². The number of aliphatic imine (C=N–C) groups is 1. The lowest BCUT2D eigenvalue weighted by Gasteiger charge is -2.00. The number of furan rings is 1. The van der Waals surface area contributed by atoms with Gasteiger partial charge in [-0.15, -0.1) is 0 Å². The Balaban J connectivity index is 1.77. The molecule has 116 valence electrons. The summed E-state index contributed by atoms with van der Waals surface area (Å²) in [5, 5.41) is 3.91. The number of hydrogen-bond donors (Lipinski definition) is 1. The van der Waals surface area contributed by atoms with E-state index in [1.165, 1.54) is 11.8 Å². The quantitative estimate of drug-likeness (QED) is 0.776. The van der Waals surface area contributed by atoms with Crippen molar-refractivity contribution in [2.24, 2.45) is 4.99 Å². The van der Waals surface area contributed by atoms with E-state index >= 15 is 0 Å².